The van der Waals surface area contributed by atoms with Crippen LogP contribution >= 0.6 is 0 Å². The van der Waals surface area contributed by atoms with Gasteiger partial charge < -0.3 is 10.0 Å². The lowest BCUT2D eigenvalue weighted by atomic mass is 9.91. The lowest BCUT2D eigenvalue weighted by molar-refractivity contribution is -0.384. The number of nitrogens with two attached hydrogens (primary N) is 1. The van der Waals surface area contributed by atoms with Gasteiger partial charge in [-0.3, -0.25) is 15.5 Å². The van der Waals surface area contributed by atoms with Crippen LogP contribution in [0, 0.1) is 10.1 Å². The molecule has 0 bridgehead atoms. The van der Waals surface area contributed by atoms with E-state index in [4.69, 9.17) is 10.9 Å². The first-order valence-corrected chi connectivity index (χ1v) is 6.03. The summed E-state index contributed by atoms with van der Waals surface area (Å²) in [5, 5.41) is 20.2. The van der Waals surface area contributed by atoms with E-state index >= 15 is 0 Å². The Morgan fingerprint density at radius 3 is 2.84 bits per heavy atom. The molecule has 2 rings (SSSR count). The monoisotopic (exact) mass is 268 g/mol. The van der Waals surface area contributed by atoms with Crippen LogP contribution in [0.2, 0.25) is 0 Å². The molecule has 1 saturated carbocycles. The minimum absolute atomic E-state index is 0.0942. The third kappa shape index (κ3) is 2.71. The van der Waals surface area contributed by atoms with Crippen molar-refractivity contribution < 1.29 is 10.0 Å². The highest BCUT2D eigenvalue weighted by Gasteiger charge is 2.31. The third-order valence-corrected chi connectivity index (χ3v) is 3.20. The average Bonchev–Trinajstić information content (AvgIpc) is 2.35. The van der Waals surface area contributed by atoms with Crippen molar-refractivity contribution in [3.8, 4) is 0 Å². The van der Waals surface area contributed by atoms with Crippen molar-refractivity contribution in [2.45, 2.75) is 25.3 Å². The fourth-order valence-electron chi connectivity index (χ4n) is 2.04. The maximum Gasteiger partial charge on any atom is 0.329 e. The van der Waals surface area contributed by atoms with E-state index in [1.807, 2.05) is 0 Å². The first kappa shape index (κ1) is 13.4. The highest BCUT2D eigenvalue weighted by atomic mass is 16.6. The number of aliphatic hydroxyl groups is 1. The van der Waals surface area contributed by atoms with Crippen LogP contribution in [0.3, 0.4) is 0 Å². The van der Waals surface area contributed by atoms with Gasteiger partial charge in [0.2, 0.25) is 11.8 Å². The molecule has 4 N–H and O–H groups in total. The molecule has 0 spiro atoms. The van der Waals surface area contributed by atoms with Crippen molar-refractivity contribution in [2.75, 3.05) is 23.5 Å². The van der Waals surface area contributed by atoms with Crippen LogP contribution in [-0.4, -0.2) is 39.2 Å². The quantitative estimate of drug-likeness (QED) is 0.374. The second-order valence-corrected chi connectivity index (χ2v) is 4.31. The molecule has 0 radical (unpaired) electrons. The van der Waals surface area contributed by atoms with Gasteiger partial charge in [-0.15, -0.1) is 0 Å². The number of aliphatic hydroxyl groups excluding tert-OH is 1. The standard InChI is InChI=1S/C10H16N6O3/c11-14-10-12-6-8(16(18)19)9(13-10)15(4-5-17)7-2-1-3-7/h6-7,17H,1-5,11H2,(H,12,13,14). The fraction of sp³-hybridized carbons (Fsp3) is 0.600. The molecule has 9 nitrogen and oxygen atoms in total. The van der Waals surface area contributed by atoms with E-state index in [-0.39, 0.29) is 30.1 Å². The summed E-state index contributed by atoms with van der Waals surface area (Å²) in [5.41, 5.74) is 2.09. The predicted octanol–water partition coefficient (Wildman–Crippen LogP) is 0.0216. The van der Waals surface area contributed by atoms with E-state index in [0.29, 0.717) is 6.54 Å². The molecular weight excluding hydrogens is 252 g/mol. The molecule has 0 unspecified atom stereocenters. The lowest BCUT2D eigenvalue weighted by Gasteiger charge is -2.37. The van der Waals surface area contributed by atoms with Crippen molar-refractivity contribution in [2.24, 2.45) is 5.84 Å². The summed E-state index contributed by atoms with van der Waals surface area (Å²) in [7, 11) is 0. The van der Waals surface area contributed by atoms with Crippen LogP contribution in [0.25, 0.3) is 0 Å². The van der Waals surface area contributed by atoms with Crippen LogP contribution in [0.1, 0.15) is 19.3 Å². The Bertz CT molecular complexity index is 465. The van der Waals surface area contributed by atoms with Crippen LogP contribution in [-0.2, 0) is 0 Å². The summed E-state index contributed by atoms with van der Waals surface area (Å²) < 4.78 is 0. The Morgan fingerprint density at radius 2 is 2.37 bits per heavy atom. The largest absolute Gasteiger partial charge is 0.395 e. The number of aromatic nitrogens is 2. The van der Waals surface area contributed by atoms with E-state index in [1.165, 1.54) is 0 Å². The van der Waals surface area contributed by atoms with Crippen LogP contribution < -0.4 is 16.2 Å². The minimum Gasteiger partial charge on any atom is -0.395 e. The Kier molecular flexibility index (Phi) is 4.07. The maximum absolute atomic E-state index is 11.0. The zero-order chi connectivity index (χ0) is 13.8. The zero-order valence-electron chi connectivity index (χ0n) is 10.3. The highest BCUT2D eigenvalue weighted by Crippen LogP contribution is 2.33. The van der Waals surface area contributed by atoms with Gasteiger partial charge in [0.15, 0.2) is 0 Å². The molecule has 1 aliphatic carbocycles. The summed E-state index contributed by atoms with van der Waals surface area (Å²) in [4.78, 5) is 20.1. The predicted molar refractivity (Wildman–Crippen MR) is 68.6 cm³/mol. The molecule has 0 aromatic carbocycles. The van der Waals surface area contributed by atoms with Gasteiger partial charge in [0.05, 0.1) is 11.5 Å². The molecule has 1 aromatic rings. The highest BCUT2D eigenvalue weighted by molar-refractivity contribution is 5.59. The number of nitrogens with one attached hydrogen (secondary N) is 1. The topological polar surface area (TPSA) is 130 Å². The Labute approximate surface area is 109 Å². The number of anilines is 2. The molecule has 0 aliphatic heterocycles. The second kappa shape index (κ2) is 5.76. The summed E-state index contributed by atoms with van der Waals surface area (Å²) in [6, 6.07) is 0.173. The van der Waals surface area contributed by atoms with Gasteiger partial charge in [0.25, 0.3) is 0 Å². The minimum atomic E-state index is -0.529. The average molecular weight is 268 g/mol. The molecule has 1 heterocycles. The van der Waals surface area contributed by atoms with Crippen LogP contribution in [0.4, 0.5) is 17.5 Å². The van der Waals surface area contributed by atoms with E-state index in [0.717, 1.165) is 25.5 Å². The molecule has 104 valence electrons. The van der Waals surface area contributed by atoms with E-state index in [1.54, 1.807) is 4.90 Å². The van der Waals surface area contributed by atoms with Crippen molar-refractivity contribution in [3.05, 3.63) is 16.3 Å². The molecule has 1 aliphatic rings. The van der Waals surface area contributed by atoms with Gasteiger partial charge in [0, 0.05) is 12.6 Å². The second-order valence-electron chi connectivity index (χ2n) is 4.31. The van der Waals surface area contributed by atoms with Gasteiger partial charge >= 0.3 is 5.69 Å². The number of nitro groups is 1. The molecule has 1 aromatic heterocycles. The first-order valence-electron chi connectivity index (χ1n) is 6.03. The molecular formula is C10H16N6O3. The molecule has 0 amide bonds. The zero-order valence-corrected chi connectivity index (χ0v) is 10.3. The molecule has 0 atom stereocenters. The van der Waals surface area contributed by atoms with Gasteiger partial charge in [-0.25, -0.2) is 10.8 Å². The number of nitrogens with zero attached hydrogens (tertiary/aromatic N) is 4. The van der Waals surface area contributed by atoms with Crippen molar-refractivity contribution in [1.82, 2.24) is 9.97 Å². The third-order valence-electron chi connectivity index (χ3n) is 3.20. The normalized spacial score (nSPS) is 14.8. The number of rotatable bonds is 6. The number of nitrogen functional groups attached to an aromatic ring is 1. The molecule has 1 fully saturated rings. The fourth-order valence-corrected chi connectivity index (χ4v) is 2.04. The summed E-state index contributed by atoms with van der Waals surface area (Å²) in [6.07, 6.45) is 4.08. The van der Waals surface area contributed by atoms with E-state index in [2.05, 4.69) is 15.4 Å². The van der Waals surface area contributed by atoms with Gasteiger partial charge in [-0.2, -0.15) is 4.98 Å². The van der Waals surface area contributed by atoms with Gasteiger partial charge in [-0.05, 0) is 19.3 Å². The summed E-state index contributed by atoms with van der Waals surface area (Å²) >= 11 is 0. The summed E-state index contributed by atoms with van der Waals surface area (Å²) in [5.74, 6) is 5.54. The van der Waals surface area contributed by atoms with Crippen LogP contribution in [0.5, 0.6) is 0 Å². The van der Waals surface area contributed by atoms with Crippen molar-refractivity contribution in [1.29, 1.82) is 0 Å². The van der Waals surface area contributed by atoms with Crippen molar-refractivity contribution in [3.63, 3.8) is 0 Å². The SMILES string of the molecule is NNc1ncc([N+](=O)[O-])c(N(CCO)C2CCC2)n1. The van der Waals surface area contributed by atoms with Gasteiger partial charge in [0.1, 0.15) is 6.20 Å². The van der Waals surface area contributed by atoms with E-state index in [9.17, 15) is 10.1 Å². The van der Waals surface area contributed by atoms with Crippen molar-refractivity contribution >= 4 is 17.5 Å². The smallest absolute Gasteiger partial charge is 0.329 e. The maximum atomic E-state index is 11.0. The Morgan fingerprint density at radius 1 is 1.63 bits per heavy atom. The Balaban J connectivity index is 2.39. The van der Waals surface area contributed by atoms with E-state index < -0.39 is 4.92 Å². The number of hydrazine groups is 1. The molecule has 0 saturated heterocycles. The molecule has 9 heteroatoms. The first-order chi connectivity index (χ1) is 9.17. The van der Waals surface area contributed by atoms with Crippen LogP contribution in [0.15, 0.2) is 6.20 Å². The molecule has 19 heavy (non-hydrogen) atoms. The Hall–Kier alpha value is -2.00. The van der Waals surface area contributed by atoms with Gasteiger partial charge in [-0.1, -0.05) is 0 Å². The number of hydrogen-bond acceptors (Lipinski definition) is 8. The summed E-state index contributed by atoms with van der Waals surface area (Å²) in [6.45, 7) is 0.204. The number of hydrogen-bond donors (Lipinski definition) is 3. The lowest BCUT2D eigenvalue weighted by Crippen LogP contribution is -2.42.